The summed E-state index contributed by atoms with van der Waals surface area (Å²) in [4.78, 5) is 8.99. The van der Waals surface area contributed by atoms with E-state index in [0.29, 0.717) is 6.47 Å². The summed E-state index contributed by atoms with van der Waals surface area (Å²) >= 11 is 0. The molecule has 0 aliphatic carbocycles. The van der Waals surface area contributed by atoms with E-state index < -0.39 is 12.8 Å². The van der Waals surface area contributed by atoms with E-state index in [1.54, 1.807) is 0 Å². The Balaban J connectivity index is 3.53. The number of hydrogen-bond donors (Lipinski definition) is 0. The van der Waals surface area contributed by atoms with Crippen LogP contribution in [0.2, 0.25) is 0 Å². The van der Waals surface area contributed by atoms with E-state index in [-0.39, 0.29) is 0 Å². The van der Waals surface area contributed by atoms with Crippen molar-refractivity contribution in [3.8, 4) is 0 Å². The van der Waals surface area contributed by atoms with Crippen molar-refractivity contribution in [2.75, 3.05) is 6.67 Å². The maximum Gasteiger partial charge on any atom is 0.429 e. The average molecular weight is 127 g/mol. The van der Waals surface area contributed by atoms with Gasteiger partial charge in [-0.05, 0) is 0 Å². The summed E-state index contributed by atoms with van der Waals surface area (Å²) in [7, 11) is 0. The molecule has 0 rings (SSSR count). The van der Waals surface area contributed by atoms with Gasteiger partial charge in [-0.3, -0.25) is 0 Å². The molecule has 0 aromatic rings. The third-order valence-corrected chi connectivity index (χ3v) is 0.347. The molecule has 0 aromatic carbocycles. The van der Waals surface area contributed by atoms with E-state index in [9.17, 15) is 13.2 Å². The topological polar surface area (TPSA) is 26.3 Å². The molecule has 0 aromatic heterocycles. The minimum Gasteiger partial charge on any atom is -0.390 e. The summed E-state index contributed by atoms with van der Waals surface area (Å²) in [5.41, 5.74) is 0. The van der Waals surface area contributed by atoms with Crippen molar-refractivity contribution in [1.82, 2.24) is 0 Å². The zero-order valence-electron chi connectivity index (χ0n) is 3.66. The average Bonchev–Trinajstić information content (AvgIpc) is 1.67. The van der Waals surface area contributed by atoms with Crippen LogP contribution in [-0.2, 0) is 9.53 Å². The van der Waals surface area contributed by atoms with Gasteiger partial charge in [-0.1, -0.05) is 0 Å². The number of alkyl halides is 3. The molecule has 0 saturated heterocycles. The van der Waals surface area contributed by atoms with E-state index in [2.05, 4.69) is 4.74 Å². The second-order valence-electron chi connectivity index (χ2n) is 0.956. The molecule has 0 atom stereocenters. The van der Waals surface area contributed by atoms with Gasteiger partial charge in [0.15, 0.2) is 6.67 Å². The lowest BCUT2D eigenvalue weighted by molar-refractivity contribution is -0.195. The normalized spacial score (nSPS) is 10.9. The molecule has 47 valence electrons. The number of halogens is 3. The van der Waals surface area contributed by atoms with Crippen LogP contribution in [0.15, 0.2) is 0 Å². The fraction of sp³-hybridized carbons (Fsp3) is 0.667. The van der Waals surface area contributed by atoms with Gasteiger partial charge in [0.05, 0.1) is 0 Å². The van der Waals surface area contributed by atoms with Gasteiger partial charge in [0.25, 0.3) is 0 Å². The summed E-state index contributed by atoms with van der Waals surface area (Å²) in [6, 6.07) is 0. The van der Waals surface area contributed by atoms with E-state index >= 15 is 0 Å². The molecule has 5 heteroatoms. The lowest BCUT2D eigenvalue weighted by Crippen LogP contribution is -2.22. The molecule has 0 spiro atoms. The number of rotatable bonds is 3. The van der Waals surface area contributed by atoms with Crippen LogP contribution >= 0.6 is 0 Å². The van der Waals surface area contributed by atoms with Crippen molar-refractivity contribution in [3.63, 3.8) is 0 Å². The summed E-state index contributed by atoms with van der Waals surface area (Å²) < 4.78 is 36.4. The van der Waals surface area contributed by atoms with E-state index in [0.717, 1.165) is 0 Å². The van der Waals surface area contributed by atoms with Crippen LogP contribution < -0.4 is 0 Å². The van der Waals surface area contributed by atoms with Gasteiger partial charge >= 0.3 is 12.6 Å². The monoisotopic (exact) mass is 127 g/mol. The highest BCUT2D eigenvalue weighted by Crippen LogP contribution is 2.13. The van der Waals surface area contributed by atoms with Crippen molar-refractivity contribution in [3.05, 3.63) is 0 Å². The highest BCUT2D eigenvalue weighted by atomic mass is 19.3. The van der Waals surface area contributed by atoms with Gasteiger partial charge < -0.3 is 4.74 Å². The van der Waals surface area contributed by atoms with Crippen LogP contribution in [0.5, 0.6) is 0 Å². The molecule has 0 unspecified atom stereocenters. The lowest BCUT2D eigenvalue weighted by Gasteiger charge is -2.05. The minimum absolute atomic E-state index is 0.419. The van der Waals surface area contributed by atoms with Crippen LogP contribution in [0.1, 0.15) is 0 Å². The number of carbonyl (C=O) groups excluding carboxylic acids is 1. The quantitative estimate of drug-likeness (QED) is 0.555. The fourth-order valence-corrected chi connectivity index (χ4v) is 0.0882. The SMILES string of the molecule is O=[C]OC(F)(F)CF. The predicted octanol–water partition coefficient (Wildman–Crippen LogP) is 0.632. The zero-order chi connectivity index (χ0) is 6.62. The summed E-state index contributed by atoms with van der Waals surface area (Å²) in [6.45, 7) is -1.59. The molecule has 2 nitrogen and oxygen atoms in total. The Morgan fingerprint density at radius 1 is 1.62 bits per heavy atom. The summed E-state index contributed by atoms with van der Waals surface area (Å²) in [6.07, 6.45) is -4.00. The first-order valence-electron chi connectivity index (χ1n) is 1.61. The van der Waals surface area contributed by atoms with E-state index in [1.165, 1.54) is 0 Å². The first kappa shape index (κ1) is 7.26. The smallest absolute Gasteiger partial charge is 0.390 e. The molecule has 0 aliphatic heterocycles. The number of ether oxygens (including phenoxy) is 1. The summed E-state index contributed by atoms with van der Waals surface area (Å²) in [5.74, 6) is 0. The van der Waals surface area contributed by atoms with Crippen LogP contribution in [0.3, 0.4) is 0 Å². The largest absolute Gasteiger partial charge is 0.429 e. The van der Waals surface area contributed by atoms with Crippen LogP contribution in [0, 0.1) is 0 Å². The Labute approximate surface area is 43.2 Å². The third kappa shape index (κ3) is 2.44. The van der Waals surface area contributed by atoms with Crippen molar-refractivity contribution in [2.24, 2.45) is 0 Å². The molecule has 0 fully saturated rings. The van der Waals surface area contributed by atoms with Crippen LogP contribution in [-0.4, -0.2) is 19.3 Å². The van der Waals surface area contributed by atoms with E-state index in [1.807, 2.05) is 0 Å². The van der Waals surface area contributed by atoms with Crippen molar-refractivity contribution >= 4 is 6.47 Å². The Morgan fingerprint density at radius 2 is 2.12 bits per heavy atom. The molecule has 0 saturated carbocycles. The predicted molar refractivity (Wildman–Crippen MR) is 17.7 cm³/mol. The molecule has 0 N–H and O–H groups in total. The molecule has 0 amide bonds. The molecule has 1 radical (unpaired) electrons. The van der Waals surface area contributed by atoms with Gasteiger partial charge in [-0.15, -0.1) is 0 Å². The Hall–Kier alpha value is -0.740. The molecule has 0 heterocycles. The van der Waals surface area contributed by atoms with E-state index in [4.69, 9.17) is 4.79 Å². The minimum atomic E-state index is -4.00. The zero-order valence-corrected chi connectivity index (χ0v) is 3.66. The lowest BCUT2D eigenvalue weighted by atomic mass is 10.7. The van der Waals surface area contributed by atoms with Crippen molar-refractivity contribution < 1.29 is 22.7 Å². The van der Waals surface area contributed by atoms with Crippen LogP contribution in [0.25, 0.3) is 0 Å². The van der Waals surface area contributed by atoms with Gasteiger partial charge in [-0.25, -0.2) is 9.18 Å². The molecule has 0 bridgehead atoms. The highest BCUT2D eigenvalue weighted by molar-refractivity contribution is 5.38. The van der Waals surface area contributed by atoms with Crippen molar-refractivity contribution in [1.29, 1.82) is 0 Å². The van der Waals surface area contributed by atoms with Gasteiger partial charge in [0.2, 0.25) is 0 Å². The Bertz CT molecular complexity index is 82.6. The standard InChI is InChI=1S/C3H2F3O2/c4-1-3(5,6)8-2-7/h1H2. The second kappa shape index (κ2) is 2.54. The summed E-state index contributed by atoms with van der Waals surface area (Å²) in [5, 5.41) is 0. The molecule has 0 aliphatic rings. The van der Waals surface area contributed by atoms with Crippen LogP contribution in [0.4, 0.5) is 13.2 Å². The van der Waals surface area contributed by atoms with Gasteiger partial charge in [0.1, 0.15) is 0 Å². The fourth-order valence-electron chi connectivity index (χ4n) is 0.0882. The molecule has 8 heavy (non-hydrogen) atoms. The van der Waals surface area contributed by atoms with Gasteiger partial charge in [0, 0.05) is 0 Å². The second-order valence-corrected chi connectivity index (χ2v) is 0.956. The Morgan fingerprint density at radius 3 is 2.25 bits per heavy atom. The Kier molecular flexibility index (Phi) is 2.30. The van der Waals surface area contributed by atoms with Crippen molar-refractivity contribution in [2.45, 2.75) is 6.11 Å². The first-order valence-corrected chi connectivity index (χ1v) is 1.61. The maximum atomic E-state index is 11.3. The maximum absolute atomic E-state index is 11.3. The molecular formula is C3H2F3O2. The third-order valence-electron chi connectivity index (χ3n) is 0.347. The molecular weight excluding hydrogens is 125 g/mol. The highest BCUT2D eigenvalue weighted by Gasteiger charge is 2.30. The van der Waals surface area contributed by atoms with Gasteiger partial charge in [-0.2, -0.15) is 8.78 Å². The first-order chi connectivity index (χ1) is 3.62. The number of hydrogen-bond acceptors (Lipinski definition) is 2.